The molecule has 0 spiro atoms. The van der Waals surface area contributed by atoms with Crippen LogP contribution in [0.2, 0.25) is 5.02 Å². The molecule has 1 heterocycles. The molecule has 0 saturated heterocycles. The van der Waals surface area contributed by atoms with Crippen LogP contribution in [0.5, 0.6) is 5.75 Å². The van der Waals surface area contributed by atoms with E-state index >= 15 is 0 Å². The minimum atomic E-state index is -0.342. The highest BCUT2D eigenvalue weighted by atomic mass is 35.5. The van der Waals surface area contributed by atoms with Crippen molar-refractivity contribution in [3.63, 3.8) is 0 Å². The molecule has 0 aliphatic carbocycles. The van der Waals surface area contributed by atoms with E-state index < -0.39 is 0 Å². The topological polar surface area (TPSA) is 76.4 Å². The lowest BCUT2D eigenvalue weighted by molar-refractivity contribution is 0.0977. The Bertz CT molecular complexity index is 1540. The van der Waals surface area contributed by atoms with Gasteiger partial charge in [0.2, 0.25) is 5.89 Å². The zero-order chi connectivity index (χ0) is 24.9. The number of hydrogen-bond acceptors (Lipinski definition) is 5. The summed E-state index contributed by atoms with van der Waals surface area (Å²) >= 11 is 11.3. The molecule has 1 amide bonds. The largest absolute Gasteiger partial charge is 0.489 e. The van der Waals surface area contributed by atoms with Gasteiger partial charge in [-0.1, -0.05) is 48.0 Å². The molecule has 0 aliphatic heterocycles. The van der Waals surface area contributed by atoms with E-state index in [0.29, 0.717) is 45.6 Å². The van der Waals surface area contributed by atoms with Crippen LogP contribution in [-0.2, 0) is 6.61 Å². The van der Waals surface area contributed by atoms with Gasteiger partial charge in [-0.2, -0.15) is 0 Å². The average Bonchev–Trinajstić information content (AvgIpc) is 3.32. The summed E-state index contributed by atoms with van der Waals surface area (Å²) < 4.78 is 11.7. The molecule has 0 atom stereocenters. The van der Waals surface area contributed by atoms with Crippen LogP contribution in [0.25, 0.3) is 22.6 Å². The lowest BCUT2D eigenvalue weighted by Crippen LogP contribution is -2.34. The van der Waals surface area contributed by atoms with Gasteiger partial charge >= 0.3 is 0 Å². The molecule has 0 unspecified atom stereocenters. The molecule has 0 radical (unpaired) electrons. The number of ether oxygens (including phenoxy) is 1. The van der Waals surface area contributed by atoms with Gasteiger partial charge in [-0.15, -0.1) is 0 Å². The fraction of sp³-hybridized carbons (Fsp3) is 0.0357. The first kappa shape index (κ1) is 23.5. The molecular formula is C28H20ClN3O3S. The third-order valence-corrected chi connectivity index (χ3v) is 5.76. The molecule has 5 aromatic rings. The van der Waals surface area contributed by atoms with Crippen LogP contribution in [0, 0.1) is 0 Å². The number of halogens is 1. The van der Waals surface area contributed by atoms with Gasteiger partial charge in [0.05, 0.1) is 0 Å². The number of fused-ring (bicyclic) bond motifs is 1. The third-order valence-electron chi connectivity index (χ3n) is 5.31. The van der Waals surface area contributed by atoms with Gasteiger partial charge in [-0.3, -0.25) is 10.1 Å². The number of hydrogen-bond donors (Lipinski definition) is 2. The molecule has 5 rings (SSSR count). The molecular weight excluding hydrogens is 494 g/mol. The van der Waals surface area contributed by atoms with Crippen molar-refractivity contribution < 1.29 is 13.9 Å². The maximum atomic E-state index is 12.7. The lowest BCUT2D eigenvalue weighted by atomic mass is 10.2. The van der Waals surface area contributed by atoms with Gasteiger partial charge in [0.15, 0.2) is 10.7 Å². The van der Waals surface area contributed by atoms with Gasteiger partial charge in [-0.05, 0) is 78.4 Å². The number of nitrogens with zero attached hydrogens (tertiary/aromatic N) is 1. The van der Waals surface area contributed by atoms with E-state index in [1.807, 2.05) is 48.5 Å². The van der Waals surface area contributed by atoms with Crippen LogP contribution in [0.4, 0.5) is 5.69 Å². The number of nitrogens with one attached hydrogen (secondary N) is 2. The molecule has 0 aliphatic rings. The van der Waals surface area contributed by atoms with Crippen molar-refractivity contribution in [3.05, 3.63) is 113 Å². The maximum absolute atomic E-state index is 12.7. The average molecular weight is 514 g/mol. The summed E-state index contributed by atoms with van der Waals surface area (Å²) in [6.45, 7) is 0.413. The van der Waals surface area contributed by atoms with E-state index in [1.165, 1.54) is 0 Å². The molecule has 36 heavy (non-hydrogen) atoms. The molecule has 6 nitrogen and oxygen atoms in total. The number of thiocarbonyl (C=S) groups is 1. The summed E-state index contributed by atoms with van der Waals surface area (Å²) in [5.41, 5.74) is 4.26. The zero-order valence-electron chi connectivity index (χ0n) is 18.9. The van der Waals surface area contributed by atoms with Gasteiger partial charge in [0.25, 0.3) is 5.91 Å². The van der Waals surface area contributed by atoms with E-state index in [0.717, 1.165) is 11.1 Å². The van der Waals surface area contributed by atoms with Crippen molar-refractivity contribution in [1.82, 2.24) is 10.3 Å². The number of carbonyl (C=O) groups is 1. The Balaban J connectivity index is 1.22. The Hall–Kier alpha value is -4.20. The van der Waals surface area contributed by atoms with E-state index in [1.54, 1.807) is 48.5 Å². The second kappa shape index (κ2) is 10.6. The van der Waals surface area contributed by atoms with Gasteiger partial charge in [0, 0.05) is 21.8 Å². The van der Waals surface area contributed by atoms with Gasteiger partial charge < -0.3 is 14.5 Å². The van der Waals surface area contributed by atoms with Gasteiger partial charge in [0.1, 0.15) is 17.9 Å². The Kier molecular flexibility index (Phi) is 6.93. The summed E-state index contributed by atoms with van der Waals surface area (Å²) in [6, 6.07) is 29.4. The third kappa shape index (κ3) is 5.71. The van der Waals surface area contributed by atoms with Crippen molar-refractivity contribution >= 4 is 51.6 Å². The maximum Gasteiger partial charge on any atom is 0.257 e. The number of amides is 1. The fourth-order valence-electron chi connectivity index (χ4n) is 3.53. The van der Waals surface area contributed by atoms with E-state index in [4.69, 9.17) is 33.0 Å². The van der Waals surface area contributed by atoms with Crippen LogP contribution < -0.4 is 15.4 Å². The van der Waals surface area contributed by atoms with Gasteiger partial charge in [-0.25, -0.2) is 4.98 Å². The van der Waals surface area contributed by atoms with Crippen molar-refractivity contribution in [2.45, 2.75) is 6.61 Å². The van der Waals surface area contributed by atoms with E-state index in [9.17, 15) is 4.79 Å². The second-order valence-electron chi connectivity index (χ2n) is 7.92. The highest BCUT2D eigenvalue weighted by Gasteiger charge is 2.12. The SMILES string of the molecule is O=C(NC(=S)Nc1ccc2oc(-c3ccc(Cl)cc3)nc2c1)c1cccc(OCc2ccccc2)c1. The molecule has 1 aromatic heterocycles. The molecule has 0 saturated carbocycles. The highest BCUT2D eigenvalue weighted by molar-refractivity contribution is 7.80. The number of oxazole rings is 1. The Morgan fingerprint density at radius 3 is 2.56 bits per heavy atom. The summed E-state index contributed by atoms with van der Waals surface area (Å²) in [4.78, 5) is 17.3. The minimum absolute atomic E-state index is 0.163. The molecule has 2 N–H and O–H groups in total. The van der Waals surface area contributed by atoms with Crippen LogP contribution >= 0.6 is 23.8 Å². The van der Waals surface area contributed by atoms with Crippen LogP contribution in [-0.4, -0.2) is 16.0 Å². The molecule has 0 bridgehead atoms. The van der Waals surface area contributed by atoms with E-state index in [-0.39, 0.29) is 11.0 Å². The quantitative estimate of drug-likeness (QED) is 0.242. The highest BCUT2D eigenvalue weighted by Crippen LogP contribution is 2.27. The second-order valence-corrected chi connectivity index (χ2v) is 8.76. The number of benzene rings is 4. The predicted molar refractivity (Wildman–Crippen MR) is 145 cm³/mol. The zero-order valence-corrected chi connectivity index (χ0v) is 20.5. The Morgan fingerprint density at radius 1 is 0.944 bits per heavy atom. The summed E-state index contributed by atoms with van der Waals surface area (Å²) in [5.74, 6) is 0.743. The number of anilines is 1. The molecule has 4 aromatic carbocycles. The Morgan fingerprint density at radius 2 is 1.75 bits per heavy atom. The first-order valence-electron chi connectivity index (χ1n) is 11.1. The number of carbonyl (C=O) groups excluding carboxylic acids is 1. The Labute approximate surface area is 217 Å². The first-order chi connectivity index (χ1) is 17.5. The van der Waals surface area contributed by atoms with Crippen LogP contribution in [0.3, 0.4) is 0 Å². The number of rotatable bonds is 6. The summed E-state index contributed by atoms with van der Waals surface area (Å²) in [6.07, 6.45) is 0. The van der Waals surface area contributed by atoms with E-state index in [2.05, 4.69) is 15.6 Å². The fourth-order valence-corrected chi connectivity index (χ4v) is 3.86. The predicted octanol–water partition coefficient (Wildman–Crippen LogP) is 6.85. The van der Waals surface area contributed by atoms with Crippen LogP contribution in [0.15, 0.2) is 101 Å². The molecule has 0 fully saturated rings. The summed E-state index contributed by atoms with van der Waals surface area (Å²) in [5, 5.41) is 6.53. The number of aromatic nitrogens is 1. The first-order valence-corrected chi connectivity index (χ1v) is 11.9. The molecule has 178 valence electrons. The van der Waals surface area contributed by atoms with Crippen LogP contribution in [0.1, 0.15) is 15.9 Å². The lowest BCUT2D eigenvalue weighted by Gasteiger charge is -2.11. The normalized spacial score (nSPS) is 10.7. The van der Waals surface area contributed by atoms with Crippen molar-refractivity contribution in [2.24, 2.45) is 0 Å². The van der Waals surface area contributed by atoms with Crippen molar-refractivity contribution in [3.8, 4) is 17.2 Å². The molecule has 8 heteroatoms. The standard InChI is InChI=1S/C28H20ClN3O3S/c29-21-11-9-19(10-12-21)27-31-24-16-22(13-14-25(24)35-27)30-28(36)32-26(33)20-7-4-8-23(15-20)34-17-18-5-2-1-3-6-18/h1-16H,17H2,(H2,30,32,33,36). The smallest absolute Gasteiger partial charge is 0.257 e. The summed E-state index contributed by atoms with van der Waals surface area (Å²) in [7, 11) is 0. The monoisotopic (exact) mass is 513 g/mol. The van der Waals surface area contributed by atoms with Crippen molar-refractivity contribution in [1.29, 1.82) is 0 Å². The minimum Gasteiger partial charge on any atom is -0.489 e. The van der Waals surface area contributed by atoms with Crippen molar-refractivity contribution in [2.75, 3.05) is 5.32 Å².